The van der Waals surface area contributed by atoms with Gasteiger partial charge in [-0.2, -0.15) is 0 Å². The molecule has 14 heavy (non-hydrogen) atoms. The largest absolute Gasteiger partial charge is 0.271 e. The molecule has 0 unspecified atom stereocenters. The van der Waals surface area contributed by atoms with E-state index in [4.69, 9.17) is 0 Å². The molecule has 78 valence electrons. The van der Waals surface area contributed by atoms with Crippen LogP contribution in [0.15, 0.2) is 9.81 Å². The van der Waals surface area contributed by atoms with Crippen molar-refractivity contribution in [3.8, 4) is 0 Å². The molecular weight excluding hydrogens is 218 g/mol. The number of carbonyl (C=O) groups is 2. The van der Waals surface area contributed by atoms with Crippen molar-refractivity contribution in [2.24, 2.45) is 0 Å². The number of hydrogen-bond acceptors (Lipinski definition) is 4. The van der Waals surface area contributed by atoms with E-state index in [1.54, 1.807) is 0 Å². The fourth-order valence-corrected chi connectivity index (χ4v) is 2.93. The highest BCUT2D eigenvalue weighted by Gasteiger charge is 2.38. The van der Waals surface area contributed by atoms with Crippen LogP contribution in [0.25, 0.3) is 0 Å². The maximum Gasteiger partial charge on any atom is 0.268 e. The maximum absolute atomic E-state index is 11.8. The topological polar surface area (TPSA) is 37.4 Å². The van der Waals surface area contributed by atoms with Gasteiger partial charge in [0.1, 0.15) is 0 Å². The molecule has 0 aliphatic carbocycles. The van der Waals surface area contributed by atoms with Crippen molar-refractivity contribution in [1.82, 2.24) is 4.90 Å². The summed E-state index contributed by atoms with van der Waals surface area (Å²) in [5, 5.41) is 0. The number of nitrogens with zero attached hydrogens (tertiary/aromatic N) is 1. The number of rotatable bonds is 3. The molecule has 0 atom stereocenters. The number of hydrogen-bond donors (Lipinski definition) is 0. The zero-order valence-corrected chi connectivity index (χ0v) is 10.3. The lowest BCUT2D eigenvalue weighted by Gasteiger charge is -2.18. The zero-order valence-electron chi connectivity index (χ0n) is 8.66. The van der Waals surface area contributed by atoms with Crippen molar-refractivity contribution in [1.29, 1.82) is 0 Å². The summed E-state index contributed by atoms with van der Waals surface area (Å²) in [4.78, 5) is 26.0. The van der Waals surface area contributed by atoms with E-state index in [0.717, 1.165) is 0 Å². The highest BCUT2D eigenvalue weighted by atomic mass is 32.2. The first-order valence-electron chi connectivity index (χ1n) is 4.24. The van der Waals surface area contributed by atoms with Gasteiger partial charge in [0.2, 0.25) is 0 Å². The first kappa shape index (κ1) is 11.7. The Balaban J connectivity index is 3.09. The third kappa shape index (κ3) is 1.70. The monoisotopic (exact) mass is 231 g/mol. The van der Waals surface area contributed by atoms with Gasteiger partial charge in [-0.15, -0.1) is 23.5 Å². The van der Waals surface area contributed by atoms with Crippen molar-refractivity contribution in [3.05, 3.63) is 9.81 Å². The van der Waals surface area contributed by atoms with Crippen molar-refractivity contribution in [2.75, 3.05) is 12.5 Å². The second-order valence-electron chi connectivity index (χ2n) is 3.14. The third-order valence-electron chi connectivity index (χ3n) is 1.96. The maximum atomic E-state index is 11.8. The molecule has 3 nitrogen and oxygen atoms in total. The Kier molecular flexibility index (Phi) is 3.66. The molecule has 0 saturated carbocycles. The molecule has 2 amide bonds. The van der Waals surface area contributed by atoms with E-state index in [1.165, 1.54) is 28.4 Å². The van der Waals surface area contributed by atoms with Crippen LogP contribution in [0.3, 0.4) is 0 Å². The molecule has 0 aromatic carbocycles. The van der Waals surface area contributed by atoms with Gasteiger partial charge in [-0.3, -0.25) is 14.5 Å². The highest BCUT2D eigenvalue weighted by Crippen LogP contribution is 2.34. The number of imide groups is 1. The van der Waals surface area contributed by atoms with Crippen molar-refractivity contribution >= 4 is 35.3 Å². The lowest BCUT2D eigenvalue weighted by molar-refractivity contribution is -0.138. The fraction of sp³-hybridized carbons (Fsp3) is 0.556. The Hall–Kier alpha value is -0.420. The predicted octanol–water partition coefficient (Wildman–Crippen LogP) is 1.70. The van der Waals surface area contributed by atoms with E-state index in [2.05, 4.69) is 0 Å². The first-order chi connectivity index (χ1) is 6.54. The number of thioether (sulfide) groups is 2. The van der Waals surface area contributed by atoms with Crippen molar-refractivity contribution in [2.45, 2.75) is 19.9 Å². The van der Waals surface area contributed by atoms with Crippen molar-refractivity contribution < 1.29 is 9.59 Å². The van der Waals surface area contributed by atoms with Gasteiger partial charge < -0.3 is 0 Å². The number of amides is 2. The van der Waals surface area contributed by atoms with E-state index in [9.17, 15) is 9.59 Å². The molecule has 0 radical (unpaired) electrons. The molecule has 0 saturated heterocycles. The quantitative estimate of drug-likeness (QED) is 0.693. The van der Waals surface area contributed by atoms with Crippen LogP contribution < -0.4 is 0 Å². The Morgan fingerprint density at radius 3 is 1.57 bits per heavy atom. The average molecular weight is 231 g/mol. The standard InChI is InChI=1S/C9H13NO2S2/c1-5(2)10-8(11)6(13-3)7(14-4)9(10)12/h5H,1-4H3. The third-order valence-corrected chi connectivity index (χ3v) is 3.66. The molecule has 5 heteroatoms. The summed E-state index contributed by atoms with van der Waals surface area (Å²) in [5.74, 6) is -0.302. The average Bonchev–Trinajstić information content (AvgIpc) is 2.36. The van der Waals surface area contributed by atoms with Gasteiger partial charge in [0.25, 0.3) is 11.8 Å². The highest BCUT2D eigenvalue weighted by molar-refractivity contribution is 8.07. The summed E-state index contributed by atoms with van der Waals surface area (Å²) < 4.78 is 0. The minimum Gasteiger partial charge on any atom is -0.271 e. The van der Waals surface area contributed by atoms with Gasteiger partial charge in [0.05, 0.1) is 9.81 Å². The molecule has 0 fully saturated rings. The zero-order chi connectivity index (χ0) is 10.9. The Labute approximate surface area is 92.3 Å². The summed E-state index contributed by atoms with van der Waals surface area (Å²) in [7, 11) is 0. The summed E-state index contributed by atoms with van der Waals surface area (Å²) in [5.41, 5.74) is 0. The van der Waals surface area contributed by atoms with E-state index in [0.29, 0.717) is 9.81 Å². The van der Waals surface area contributed by atoms with Crippen LogP contribution >= 0.6 is 23.5 Å². The predicted molar refractivity (Wildman–Crippen MR) is 61.0 cm³/mol. The van der Waals surface area contributed by atoms with Gasteiger partial charge >= 0.3 is 0 Å². The van der Waals surface area contributed by atoms with Gasteiger partial charge in [-0.05, 0) is 26.4 Å². The summed E-state index contributed by atoms with van der Waals surface area (Å²) in [6, 6.07) is -0.0678. The lowest BCUT2D eigenvalue weighted by atomic mass is 10.3. The molecule has 0 aromatic rings. The molecule has 0 bridgehead atoms. The number of carbonyl (C=O) groups excluding carboxylic acids is 2. The second-order valence-corrected chi connectivity index (χ2v) is 4.77. The van der Waals surface area contributed by atoms with Gasteiger partial charge in [-0.1, -0.05) is 0 Å². The lowest BCUT2D eigenvalue weighted by Crippen LogP contribution is -2.37. The Morgan fingerprint density at radius 1 is 1.00 bits per heavy atom. The van der Waals surface area contributed by atoms with Crippen LogP contribution in [0.4, 0.5) is 0 Å². The van der Waals surface area contributed by atoms with Crippen LogP contribution in [0.2, 0.25) is 0 Å². The smallest absolute Gasteiger partial charge is 0.268 e. The molecule has 1 aliphatic heterocycles. The normalized spacial score (nSPS) is 17.6. The van der Waals surface area contributed by atoms with Crippen LogP contribution in [0, 0.1) is 0 Å². The molecule has 1 aliphatic rings. The van der Waals surface area contributed by atoms with E-state index < -0.39 is 0 Å². The van der Waals surface area contributed by atoms with Crippen LogP contribution in [0.1, 0.15) is 13.8 Å². The summed E-state index contributed by atoms with van der Waals surface area (Å²) in [6.45, 7) is 3.69. The van der Waals surface area contributed by atoms with Gasteiger partial charge in [0.15, 0.2) is 0 Å². The van der Waals surface area contributed by atoms with Gasteiger partial charge in [0, 0.05) is 6.04 Å². The molecular formula is C9H13NO2S2. The minimum absolute atomic E-state index is 0.0678. The minimum atomic E-state index is -0.151. The fourth-order valence-electron chi connectivity index (χ4n) is 1.33. The van der Waals surface area contributed by atoms with Crippen LogP contribution in [-0.4, -0.2) is 35.3 Å². The first-order valence-corrected chi connectivity index (χ1v) is 6.69. The second kappa shape index (κ2) is 4.40. The molecule has 0 spiro atoms. The van der Waals surface area contributed by atoms with Crippen molar-refractivity contribution in [3.63, 3.8) is 0 Å². The molecule has 1 heterocycles. The Morgan fingerprint density at radius 2 is 1.36 bits per heavy atom. The van der Waals surface area contributed by atoms with Crippen LogP contribution in [0.5, 0.6) is 0 Å². The molecule has 1 rings (SSSR count). The van der Waals surface area contributed by atoms with E-state index in [-0.39, 0.29) is 17.9 Å². The summed E-state index contributed by atoms with van der Waals surface area (Å²) in [6.07, 6.45) is 3.64. The Bertz CT molecular complexity index is 284. The molecule has 0 N–H and O–H groups in total. The summed E-state index contributed by atoms with van der Waals surface area (Å²) >= 11 is 2.69. The molecule has 0 aromatic heterocycles. The SMILES string of the molecule is CSC1=C(SC)C(=O)N(C(C)C)C1=O. The van der Waals surface area contributed by atoms with E-state index in [1.807, 2.05) is 26.4 Å². The van der Waals surface area contributed by atoms with E-state index >= 15 is 0 Å². The van der Waals surface area contributed by atoms with Gasteiger partial charge in [-0.25, -0.2) is 0 Å². The van der Waals surface area contributed by atoms with Crippen LogP contribution in [-0.2, 0) is 9.59 Å².